The molecular weight excluding hydrogens is 188 g/mol. The molecule has 0 unspecified atom stereocenters. The van der Waals surface area contributed by atoms with Crippen molar-refractivity contribution in [1.82, 2.24) is 10.2 Å². The van der Waals surface area contributed by atoms with Gasteiger partial charge in [0.15, 0.2) is 0 Å². The Bertz CT molecular complexity index is 198. The van der Waals surface area contributed by atoms with Crippen LogP contribution in [-0.2, 0) is 4.79 Å². The van der Waals surface area contributed by atoms with E-state index >= 15 is 0 Å². The molecule has 0 aliphatic carbocycles. The zero-order chi connectivity index (χ0) is 11.3. The molecule has 3 heteroatoms. The van der Waals surface area contributed by atoms with E-state index in [1.165, 1.54) is 12.8 Å². The number of nitrogens with one attached hydrogen (secondary N) is 1. The average Bonchev–Trinajstić information content (AvgIpc) is 2.26. The molecule has 1 saturated heterocycles. The summed E-state index contributed by atoms with van der Waals surface area (Å²) in [5, 5.41) is 3.32. The molecule has 0 aromatic carbocycles. The highest BCUT2D eigenvalue weighted by Crippen LogP contribution is 2.12. The van der Waals surface area contributed by atoms with E-state index in [-0.39, 0.29) is 6.04 Å². The molecule has 15 heavy (non-hydrogen) atoms. The third kappa shape index (κ3) is 3.49. The molecule has 0 aromatic rings. The predicted molar refractivity (Wildman–Crippen MR) is 62.8 cm³/mol. The maximum absolute atomic E-state index is 12.2. The summed E-state index contributed by atoms with van der Waals surface area (Å²) in [6, 6.07) is 0.397. The third-order valence-electron chi connectivity index (χ3n) is 2.98. The zero-order valence-corrected chi connectivity index (χ0v) is 10.3. The van der Waals surface area contributed by atoms with Gasteiger partial charge in [-0.2, -0.15) is 0 Å². The summed E-state index contributed by atoms with van der Waals surface area (Å²) in [4.78, 5) is 14.2. The minimum Gasteiger partial charge on any atom is -0.339 e. The van der Waals surface area contributed by atoms with E-state index in [9.17, 15) is 4.79 Å². The molecule has 1 atom stereocenters. The van der Waals surface area contributed by atoms with Crippen molar-refractivity contribution in [2.75, 3.05) is 13.1 Å². The van der Waals surface area contributed by atoms with Crippen LogP contribution in [0, 0.1) is 0 Å². The second-order valence-electron chi connectivity index (χ2n) is 4.63. The fourth-order valence-corrected chi connectivity index (χ4v) is 2.13. The first-order valence-corrected chi connectivity index (χ1v) is 6.20. The highest BCUT2D eigenvalue weighted by atomic mass is 16.2. The zero-order valence-electron chi connectivity index (χ0n) is 10.3. The molecule has 3 nitrogen and oxygen atoms in total. The van der Waals surface area contributed by atoms with Gasteiger partial charge in [-0.05, 0) is 39.7 Å². The first-order chi connectivity index (χ1) is 7.16. The number of carbonyl (C=O) groups excluding carboxylic acids is 1. The van der Waals surface area contributed by atoms with E-state index in [4.69, 9.17) is 0 Å². The van der Waals surface area contributed by atoms with Gasteiger partial charge in [0, 0.05) is 12.6 Å². The molecule has 0 aromatic heterocycles. The number of hydrogen-bond acceptors (Lipinski definition) is 2. The Morgan fingerprint density at radius 3 is 2.67 bits per heavy atom. The Labute approximate surface area is 93.2 Å². The molecule has 0 bridgehead atoms. The van der Waals surface area contributed by atoms with Crippen LogP contribution in [0.25, 0.3) is 0 Å². The van der Waals surface area contributed by atoms with Crippen molar-refractivity contribution in [1.29, 1.82) is 0 Å². The number of carbonyl (C=O) groups is 1. The van der Waals surface area contributed by atoms with Gasteiger partial charge >= 0.3 is 0 Å². The highest BCUT2D eigenvalue weighted by Gasteiger charge is 2.26. The van der Waals surface area contributed by atoms with E-state index in [1.54, 1.807) is 0 Å². The molecule has 1 N–H and O–H groups in total. The third-order valence-corrected chi connectivity index (χ3v) is 2.98. The number of rotatable bonds is 4. The first-order valence-electron chi connectivity index (χ1n) is 6.20. The molecule has 1 aliphatic rings. The van der Waals surface area contributed by atoms with Crippen molar-refractivity contribution < 1.29 is 4.79 Å². The summed E-state index contributed by atoms with van der Waals surface area (Å²) in [6.07, 6.45) is 4.43. The lowest BCUT2D eigenvalue weighted by molar-refractivity contribution is -0.135. The van der Waals surface area contributed by atoms with Gasteiger partial charge in [-0.25, -0.2) is 0 Å². The van der Waals surface area contributed by atoms with Crippen LogP contribution in [0.1, 0.15) is 46.5 Å². The van der Waals surface area contributed by atoms with Crippen molar-refractivity contribution in [2.45, 2.75) is 58.5 Å². The Morgan fingerprint density at radius 2 is 2.20 bits per heavy atom. The van der Waals surface area contributed by atoms with Gasteiger partial charge in [0.25, 0.3) is 0 Å². The standard InChI is InChI=1S/C12H24N2O/c1-4-9-14(10(2)3)12(15)11-7-5-6-8-13-11/h10-11,13H,4-9H2,1-3H3/t11-/m1/s1. The van der Waals surface area contributed by atoms with Crippen LogP contribution in [0.4, 0.5) is 0 Å². The molecule has 1 rings (SSSR count). The van der Waals surface area contributed by atoms with Crippen LogP contribution < -0.4 is 5.32 Å². The van der Waals surface area contributed by atoms with Gasteiger partial charge in [-0.1, -0.05) is 13.3 Å². The van der Waals surface area contributed by atoms with Crippen LogP contribution in [0.15, 0.2) is 0 Å². The summed E-state index contributed by atoms with van der Waals surface area (Å²) in [5.41, 5.74) is 0. The Kier molecular flexibility index (Phi) is 5.09. The van der Waals surface area contributed by atoms with Gasteiger partial charge in [-0.15, -0.1) is 0 Å². The highest BCUT2D eigenvalue weighted by molar-refractivity contribution is 5.82. The minimum atomic E-state index is 0.0766. The Hall–Kier alpha value is -0.570. The second-order valence-corrected chi connectivity index (χ2v) is 4.63. The molecular formula is C12H24N2O. The summed E-state index contributed by atoms with van der Waals surface area (Å²) in [5.74, 6) is 0.298. The Balaban J connectivity index is 2.53. The quantitative estimate of drug-likeness (QED) is 0.770. The smallest absolute Gasteiger partial charge is 0.239 e. The fourth-order valence-electron chi connectivity index (χ4n) is 2.13. The summed E-state index contributed by atoms with van der Waals surface area (Å²) in [7, 11) is 0. The van der Waals surface area contributed by atoms with E-state index < -0.39 is 0 Å². The van der Waals surface area contributed by atoms with Crippen LogP contribution in [0.2, 0.25) is 0 Å². The first kappa shape index (κ1) is 12.5. The maximum atomic E-state index is 12.2. The second kappa shape index (κ2) is 6.11. The summed E-state index contributed by atoms with van der Waals surface area (Å²) >= 11 is 0. The fraction of sp³-hybridized carbons (Fsp3) is 0.917. The predicted octanol–water partition coefficient (Wildman–Crippen LogP) is 1.78. The lowest BCUT2D eigenvalue weighted by Gasteiger charge is -2.32. The van der Waals surface area contributed by atoms with Crippen molar-refractivity contribution >= 4 is 5.91 Å². The number of piperidine rings is 1. The molecule has 0 radical (unpaired) electrons. The SMILES string of the molecule is CCCN(C(=O)[C@H]1CCCCN1)C(C)C. The molecule has 88 valence electrons. The van der Waals surface area contributed by atoms with Gasteiger partial charge in [-0.3, -0.25) is 4.79 Å². The molecule has 1 aliphatic heterocycles. The number of amides is 1. The lowest BCUT2D eigenvalue weighted by atomic mass is 10.0. The van der Waals surface area contributed by atoms with E-state index in [0.717, 1.165) is 25.9 Å². The monoisotopic (exact) mass is 212 g/mol. The summed E-state index contributed by atoms with van der Waals surface area (Å²) < 4.78 is 0. The van der Waals surface area contributed by atoms with Gasteiger partial charge in [0.1, 0.15) is 0 Å². The van der Waals surface area contributed by atoms with Crippen LogP contribution >= 0.6 is 0 Å². The molecule has 1 heterocycles. The van der Waals surface area contributed by atoms with E-state index in [0.29, 0.717) is 11.9 Å². The Morgan fingerprint density at radius 1 is 1.47 bits per heavy atom. The van der Waals surface area contributed by atoms with E-state index in [1.807, 2.05) is 4.90 Å². The topological polar surface area (TPSA) is 32.3 Å². The van der Waals surface area contributed by atoms with Gasteiger partial charge < -0.3 is 10.2 Å². The normalized spacial score (nSPS) is 21.7. The molecule has 0 saturated carbocycles. The summed E-state index contributed by atoms with van der Waals surface area (Å²) in [6.45, 7) is 8.19. The van der Waals surface area contributed by atoms with Gasteiger partial charge in [0.2, 0.25) is 5.91 Å². The van der Waals surface area contributed by atoms with Crippen molar-refractivity contribution in [3.8, 4) is 0 Å². The number of hydrogen-bond donors (Lipinski definition) is 1. The van der Waals surface area contributed by atoms with Crippen LogP contribution in [0.5, 0.6) is 0 Å². The lowest BCUT2D eigenvalue weighted by Crippen LogP contribution is -2.50. The van der Waals surface area contributed by atoms with Crippen molar-refractivity contribution in [2.24, 2.45) is 0 Å². The number of nitrogens with zero attached hydrogens (tertiary/aromatic N) is 1. The molecule has 0 spiro atoms. The molecule has 1 amide bonds. The van der Waals surface area contributed by atoms with Crippen molar-refractivity contribution in [3.63, 3.8) is 0 Å². The van der Waals surface area contributed by atoms with E-state index in [2.05, 4.69) is 26.1 Å². The minimum absolute atomic E-state index is 0.0766. The van der Waals surface area contributed by atoms with Crippen LogP contribution in [-0.4, -0.2) is 36.0 Å². The van der Waals surface area contributed by atoms with Crippen molar-refractivity contribution in [3.05, 3.63) is 0 Å². The molecule has 1 fully saturated rings. The largest absolute Gasteiger partial charge is 0.339 e. The average molecular weight is 212 g/mol. The maximum Gasteiger partial charge on any atom is 0.239 e. The van der Waals surface area contributed by atoms with Gasteiger partial charge in [0.05, 0.1) is 6.04 Å². The van der Waals surface area contributed by atoms with Crippen LogP contribution in [0.3, 0.4) is 0 Å².